The first-order valence-corrected chi connectivity index (χ1v) is 8.16. The fourth-order valence-electron chi connectivity index (χ4n) is 3.30. The van der Waals surface area contributed by atoms with Crippen molar-refractivity contribution in [3.8, 4) is 0 Å². The highest BCUT2D eigenvalue weighted by molar-refractivity contribution is 5.98. The Bertz CT molecular complexity index is 1030. The van der Waals surface area contributed by atoms with E-state index in [0.29, 0.717) is 25.1 Å². The lowest BCUT2D eigenvalue weighted by molar-refractivity contribution is 0.0600. The number of nitrogens with two attached hydrogens (primary N) is 1. The van der Waals surface area contributed by atoms with E-state index in [4.69, 9.17) is 10.5 Å². The van der Waals surface area contributed by atoms with Crippen LogP contribution in [0.15, 0.2) is 30.6 Å². The Kier molecular flexibility index (Phi) is 3.80. The van der Waals surface area contributed by atoms with E-state index in [2.05, 4.69) is 15.0 Å². The van der Waals surface area contributed by atoms with Crippen molar-refractivity contribution in [1.29, 1.82) is 0 Å². The number of aromatic amines is 1. The quantitative estimate of drug-likeness (QED) is 0.677. The van der Waals surface area contributed by atoms with E-state index in [9.17, 15) is 9.59 Å². The van der Waals surface area contributed by atoms with Gasteiger partial charge < -0.3 is 20.4 Å². The first-order chi connectivity index (χ1) is 12.6. The maximum absolute atomic E-state index is 12.8. The molecule has 0 bridgehead atoms. The number of esters is 1. The molecule has 1 aliphatic rings. The Labute approximate surface area is 149 Å². The highest BCUT2D eigenvalue weighted by atomic mass is 16.5. The Morgan fingerprint density at radius 2 is 2.08 bits per heavy atom. The van der Waals surface area contributed by atoms with Gasteiger partial charge in [0.2, 0.25) is 0 Å². The first kappa shape index (κ1) is 16.1. The van der Waals surface area contributed by atoms with Gasteiger partial charge in [0, 0.05) is 54.1 Å². The second kappa shape index (κ2) is 6.14. The van der Waals surface area contributed by atoms with Crippen LogP contribution in [0.1, 0.15) is 32.1 Å². The Morgan fingerprint density at radius 3 is 2.85 bits per heavy atom. The predicted molar refractivity (Wildman–Crippen MR) is 94.5 cm³/mol. The van der Waals surface area contributed by atoms with Crippen LogP contribution in [-0.2, 0) is 17.7 Å². The van der Waals surface area contributed by atoms with Crippen LogP contribution < -0.4 is 5.73 Å². The second-order valence-electron chi connectivity index (χ2n) is 6.10. The number of methoxy groups -OCH3 is 1. The molecule has 2 aromatic heterocycles. The van der Waals surface area contributed by atoms with Crippen molar-refractivity contribution in [3.05, 3.63) is 53.1 Å². The molecule has 0 radical (unpaired) electrons. The zero-order valence-corrected chi connectivity index (χ0v) is 14.2. The number of carbonyl (C=O) groups is 2. The van der Waals surface area contributed by atoms with Gasteiger partial charge >= 0.3 is 5.97 Å². The predicted octanol–water partition coefficient (Wildman–Crippen LogP) is 1.53. The maximum Gasteiger partial charge on any atom is 0.337 e. The van der Waals surface area contributed by atoms with E-state index in [1.54, 1.807) is 17.0 Å². The van der Waals surface area contributed by atoms with Crippen molar-refractivity contribution in [2.24, 2.45) is 0 Å². The minimum Gasteiger partial charge on any atom is -0.465 e. The summed E-state index contributed by atoms with van der Waals surface area (Å²) in [4.78, 5) is 37.6. The zero-order chi connectivity index (χ0) is 18.3. The van der Waals surface area contributed by atoms with Crippen molar-refractivity contribution in [1.82, 2.24) is 19.9 Å². The largest absolute Gasteiger partial charge is 0.465 e. The third-order valence-electron chi connectivity index (χ3n) is 4.61. The molecule has 1 aromatic carbocycles. The minimum absolute atomic E-state index is 0.121. The lowest BCUT2D eigenvalue weighted by Gasteiger charge is -2.27. The number of nitrogen functional groups attached to an aromatic ring is 1. The summed E-state index contributed by atoms with van der Waals surface area (Å²) in [5.74, 6) is -0.521. The number of H-pyrrole nitrogens is 1. The molecule has 8 heteroatoms. The van der Waals surface area contributed by atoms with Crippen LogP contribution in [-0.4, -0.2) is 45.4 Å². The molecule has 4 rings (SSSR count). The summed E-state index contributed by atoms with van der Waals surface area (Å²) in [6.07, 6.45) is 3.59. The number of hydrogen-bond donors (Lipinski definition) is 2. The van der Waals surface area contributed by atoms with Gasteiger partial charge in [0.15, 0.2) is 11.5 Å². The highest BCUT2D eigenvalue weighted by Gasteiger charge is 2.27. The molecule has 8 nitrogen and oxygen atoms in total. The lowest BCUT2D eigenvalue weighted by Crippen LogP contribution is -2.36. The number of fused-ring (bicyclic) bond motifs is 3. The second-order valence-corrected chi connectivity index (χ2v) is 6.10. The Hall–Kier alpha value is -3.42. The number of nitrogens with one attached hydrogen (secondary N) is 1. The number of benzene rings is 1. The van der Waals surface area contributed by atoms with Crippen LogP contribution in [0.25, 0.3) is 10.9 Å². The molecular weight excluding hydrogens is 334 g/mol. The van der Waals surface area contributed by atoms with Gasteiger partial charge in [-0.25, -0.2) is 14.8 Å². The molecule has 0 saturated carbocycles. The van der Waals surface area contributed by atoms with Crippen molar-refractivity contribution in [2.75, 3.05) is 19.4 Å². The molecular formula is C18H17N5O3. The van der Waals surface area contributed by atoms with Gasteiger partial charge in [-0.05, 0) is 18.2 Å². The van der Waals surface area contributed by atoms with Crippen LogP contribution in [0.2, 0.25) is 0 Å². The van der Waals surface area contributed by atoms with Crippen LogP contribution in [0.3, 0.4) is 0 Å². The third-order valence-corrected chi connectivity index (χ3v) is 4.61. The monoisotopic (exact) mass is 351 g/mol. The summed E-state index contributed by atoms with van der Waals surface area (Å²) < 4.78 is 4.79. The minimum atomic E-state index is -0.391. The number of hydrogen-bond acceptors (Lipinski definition) is 6. The first-order valence-electron chi connectivity index (χ1n) is 8.16. The molecule has 3 heterocycles. The molecule has 0 saturated heterocycles. The van der Waals surface area contributed by atoms with E-state index in [0.717, 1.165) is 22.2 Å². The number of carbonyl (C=O) groups excluding carboxylic acids is 2. The summed E-state index contributed by atoms with van der Waals surface area (Å²) >= 11 is 0. The topological polar surface area (TPSA) is 114 Å². The highest BCUT2D eigenvalue weighted by Crippen LogP contribution is 2.29. The molecule has 1 amide bonds. The van der Waals surface area contributed by atoms with Gasteiger partial charge in [-0.2, -0.15) is 0 Å². The van der Waals surface area contributed by atoms with Gasteiger partial charge in [-0.15, -0.1) is 0 Å². The van der Waals surface area contributed by atoms with Crippen molar-refractivity contribution >= 4 is 28.6 Å². The average Bonchev–Trinajstić information content (AvgIpc) is 3.04. The zero-order valence-electron chi connectivity index (χ0n) is 14.2. The van der Waals surface area contributed by atoms with E-state index in [1.807, 2.05) is 6.07 Å². The van der Waals surface area contributed by atoms with Crippen LogP contribution in [0, 0.1) is 0 Å². The molecule has 0 unspecified atom stereocenters. The normalized spacial score (nSPS) is 13.5. The van der Waals surface area contributed by atoms with E-state index in [-0.39, 0.29) is 17.4 Å². The summed E-state index contributed by atoms with van der Waals surface area (Å²) in [5, 5.41) is 0.910. The molecule has 0 spiro atoms. The number of amides is 1. The van der Waals surface area contributed by atoms with Crippen molar-refractivity contribution in [2.45, 2.75) is 13.0 Å². The molecule has 3 N–H and O–H groups in total. The standard InChI is InChI=1S/C18H17N5O3/c1-26-18(25)10-2-3-13-11(8-10)12-9-23(7-4-14(12)22-13)17(24)15-16(19)21-6-5-20-15/h2-3,5-6,8,22H,4,7,9H2,1H3,(H2,19,21). The van der Waals surface area contributed by atoms with Crippen molar-refractivity contribution in [3.63, 3.8) is 0 Å². The molecule has 0 fully saturated rings. The molecule has 3 aromatic rings. The van der Waals surface area contributed by atoms with Crippen LogP contribution in [0.5, 0.6) is 0 Å². The Balaban J connectivity index is 1.70. The SMILES string of the molecule is COC(=O)c1ccc2[nH]c3c(c2c1)CN(C(=O)c1nccnc1N)CC3. The fraction of sp³-hybridized carbons (Fsp3) is 0.222. The third kappa shape index (κ3) is 2.55. The van der Waals surface area contributed by atoms with E-state index in [1.165, 1.54) is 19.5 Å². The smallest absolute Gasteiger partial charge is 0.337 e. The van der Waals surface area contributed by atoms with E-state index < -0.39 is 5.97 Å². The number of aromatic nitrogens is 3. The summed E-state index contributed by atoms with van der Waals surface area (Å²) in [6, 6.07) is 5.37. The van der Waals surface area contributed by atoms with Gasteiger partial charge in [0.25, 0.3) is 5.91 Å². The van der Waals surface area contributed by atoms with Gasteiger partial charge in [-0.1, -0.05) is 0 Å². The lowest BCUT2D eigenvalue weighted by atomic mass is 10.0. The molecule has 26 heavy (non-hydrogen) atoms. The molecule has 0 aliphatic carbocycles. The molecule has 0 atom stereocenters. The molecule has 132 valence electrons. The average molecular weight is 351 g/mol. The van der Waals surface area contributed by atoms with Crippen molar-refractivity contribution < 1.29 is 14.3 Å². The van der Waals surface area contributed by atoms with Gasteiger partial charge in [0.05, 0.1) is 12.7 Å². The summed E-state index contributed by atoms with van der Waals surface area (Å²) in [5.41, 5.74) is 9.40. The van der Waals surface area contributed by atoms with E-state index >= 15 is 0 Å². The number of anilines is 1. The number of nitrogens with zero attached hydrogens (tertiary/aromatic N) is 3. The van der Waals surface area contributed by atoms with Gasteiger partial charge in [-0.3, -0.25) is 4.79 Å². The van der Waals surface area contributed by atoms with Crippen LogP contribution >= 0.6 is 0 Å². The fourth-order valence-corrected chi connectivity index (χ4v) is 3.30. The molecule has 1 aliphatic heterocycles. The maximum atomic E-state index is 12.8. The summed E-state index contributed by atoms with van der Waals surface area (Å²) in [6.45, 7) is 0.966. The number of rotatable bonds is 2. The Morgan fingerprint density at radius 1 is 1.27 bits per heavy atom. The van der Waals surface area contributed by atoms with Gasteiger partial charge in [0.1, 0.15) is 0 Å². The number of ether oxygens (including phenoxy) is 1. The summed E-state index contributed by atoms with van der Waals surface area (Å²) in [7, 11) is 1.35. The van der Waals surface area contributed by atoms with Crippen LogP contribution in [0.4, 0.5) is 5.82 Å².